The second-order valence-corrected chi connectivity index (χ2v) is 6.99. The van der Waals surface area contributed by atoms with Gasteiger partial charge in [-0.15, -0.1) is 0 Å². The summed E-state index contributed by atoms with van der Waals surface area (Å²) in [7, 11) is 1.79. The van der Waals surface area contributed by atoms with Gasteiger partial charge < -0.3 is 4.90 Å². The largest absolute Gasteiger partial charge is 0.323 e. The lowest BCUT2D eigenvalue weighted by Crippen LogP contribution is -2.30. The molecule has 2 amide bonds. The number of hydrogen-bond acceptors (Lipinski definition) is 3. The molecule has 0 aliphatic carbocycles. The SMILES string of the molecule is CN(Cc1ccc2ccccc2c1)C(=O)Nc1nc2ccccc2s1. The Hall–Kier alpha value is -2.92. The molecule has 1 heterocycles. The van der Waals surface area contributed by atoms with Crippen LogP contribution in [0, 0.1) is 0 Å². The Kier molecular flexibility index (Phi) is 4.07. The number of amides is 2. The number of nitrogens with one attached hydrogen (secondary N) is 1. The van der Waals surface area contributed by atoms with Crippen LogP contribution in [0.2, 0.25) is 0 Å². The Balaban J connectivity index is 1.47. The number of nitrogens with zero attached hydrogens (tertiary/aromatic N) is 2. The van der Waals surface area contributed by atoms with E-state index in [1.807, 2.05) is 36.4 Å². The Morgan fingerprint density at radius 2 is 1.80 bits per heavy atom. The molecule has 25 heavy (non-hydrogen) atoms. The molecule has 1 aromatic heterocycles. The molecule has 0 saturated carbocycles. The fraction of sp³-hybridized carbons (Fsp3) is 0.100. The smallest absolute Gasteiger partial charge is 0.323 e. The van der Waals surface area contributed by atoms with Gasteiger partial charge in [-0.05, 0) is 34.5 Å². The number of thiazole rings is 1. The predicted octanol–water partition coefficient (Wildman–Crippen LogP) is 5.11. The van der Waals surface area contributed by atoms with Crippen LogP contribution in [0.3, 0.4) is 0 Å². The van der Waals surface area contributed by atoms with E-state index in [1.165, 1.54) is 22.1 Å². The second kappa shape index (κ2) is 6.53. The molecule has 0 aliphatic heterocycles. The normalized spacial score (nSPS) is 10.9. The van der Waals surface area contributed by atoms with E-state index in [4.69, 9.17) is 0 Å². The maximum Gasteiger partial charge on any atom is 0.323 e. The molecule has 0 aliphatic rings. The zero-order valence-corrected chi connectivity index (χ0v) is 14.6. The lowest BCUT2D eigenvalue weighted by molar-refractivity contribution is 0.220. The van der Waals surface area contributed by atoms with Crippen LogP contribution in [-0.2, 0) is 6.54 Å². The molecule has 4 rings (SSSR count). The van der Waals surface area contributed by atoms with Crippen molar-refractivity contribution < 1.29 is 4.79 Å². The molecule has 0 saturated heterocycles. The summed E-state index contributed by atoms with van der Waals surface area (Å²) in [6.45, 7) is 0.543. The highest BCUT2D eigenvalue weighted by molar-refractivity contribution is 7.22. The second-order valence-electron chi connectivity index (χ2n) is 5.95. The highest BCUT2D eigenvalue weighted by atomic mass is 32.1. The van der Waals surface area contributed by atoms with Crippen LogP contribution in [0.4, 0.5) is 9.93 Å². The number of para-hydroxylation sites is 1. The van der Waals surface area contributed by atoms with Crippen LogP contribution >= 0.6 is 11.3 Å². The van der Waals surface area contributed by atoms with Crippen molar-refractivity contribution in [1.82, 2.24) is 9.88 Å². The minimum absolute atomic E-state index is 0.160. The number of carbonyl (C=O) groups is 1. The van der Waals surface area contributed by atoms with Gasteiger partial charge in [0.2, 0.25) is 0 Å². The number of fused-ring (bicyclic) bond motifs is 2. The van der Waals surface area contributed by atoms with Crippen LogP contribution in [0.25, 0.3) is 21.0 Å². The molecule has 124 valence electrons. The molecule has 1 N–H and O–H groups in total. The number of benzene rings is 3. The van der Waals surface area contributed by atoms with Gasteiger partial charge in [-0.3, -0.25) is 5.32 Å². The highest BCUT2D eigenvalue weighted by Gasteiger charge is 2.12. The number of hydrogen-bond donors (Lipinski definition) is 1. The first-order valence-corrected chi connectivity index (χ1v) is 8.86. The van der Waals surface area contributed by atoms with Gasteiger partial charge >= 0.3 is 6.03 Å². The fourth-order valence-corrected chi connectivity index (χ4v) is 3.65. The zero-order valence-electron chi connectivity index (χ0n) is 13.8. The minimum Gasteiger partial charge on any atom is -0.323 e. The van der Waals surface area contributed by atoms with E-state index in [1.54, 1.807) is 11.9 Å². The average Bonchev–Trinajstić information content (AvgIpc) is 3.03. The third-order valence-electron chi connectivity index (χ3n) is 4.09. The molecular formula is C20H17N3OS. The van der Waals surface area contributed by atoms with E-state index >= 15 is 0 Å². The first-order valence-electron chi connectivity index (χ1n) is 8.04. The van der Waals surface area contributed by atoms with Gasteiger partial charge in [-0.25, -0.2) is 9.78 Å². The van der Waals surface area contributed by atoms with Crippen molar-refractivity contribution in [2.24, 2.45) is 0 Å². The Bertz CT molecular complexity index is 1020. The first kappa shape index (κ1) is 15.6. The molecule has 3 aromatic carbocycles. The van der Waals surface area contributed by atoms with Crippen molar-refractivity contribution in [3.05, 3.63) is 72.3 Å². The van der Waals surface area contributed by atoms with Crippen molar-refractivity contribution in [3.8, 4) is 0 Å². The molecule has 4 nitrogen and oxygen atoms in total. The summed E-state index contributed by atoms with van der Waals surface area (Å²) in [6, 6.07) is 22.2. The number of rotatable bonds is 3. The third-order valence-corrected chi connectivity index (χ3v) is 5.04. The number of urea groups is 1. The summed E-state index contributed by atoms with van der Waals surface area (Å²) < 4.78 is 1.06. The molecule has 0 radical (unpaired) electrons. The lowest BCUT2D eigenvalue weighted by atomic mass is 10.1. The first-order chi connectivity index (χ1) is 12.2. The van der Waals surface area contributed by atoms with Crippen LogP contribution in [0.5, 0.6) is 0 Å². The lowest BCUT2D eigenvalue weighted by Gasteiger charge is -2.17. The molecule has 4 aromatic rings. The summed E-state index contributed by atoms with van der Waals surface area (Å²) in [6.07, 6.45) is 0. The van der Waals surface area contributed by atoms with Gasteiger partial charge in [0.05, 0.1) is 10.2 Å². The molecule has 5 heteroatoms. The van der Waals surface area contributed by atoms with E-state index in [-0.39, 0.29) is 6.03 Å². The highest BCUT2D eigenvalue weighted by Crippen LogP contribution is 2.25. The van der Waals surface area contributed by atoms with E-state index in [0.29, 0.717) is 11.7 Å². The maximum atomic E-state index is 12.4. The molecule has 0 unspecified atom stereocenters. The monoisotopic (exact) mass is 347 g/mol. The molecule has 0 bridgehead atoms. The molecule has 0 fully saturated rings. The van der Waals surface area contributed by atoms with E-state index in [9.17, 15) is 4.79 Å². The molecular weight excluding hydrogens is 330 g/mol. The fourth-order valence-electron chi connectivity index (χ4n) is 2.80. The Labute approximate surface area is 149 Å². The van der Waals surface area contributed by atoms with Crippen LogP contribution < -0.4 is 5.32 Å². The number of carbonyl (C=O) groups excluding carboxylic acids is 1. The number of aromatic nitrogens is 1. The van der Waals surface area contributed by atoms with Crippen LogP contribution in [-0.4, -0.2) is 23.0 Å². The Morgan fingerprint density at radius 1 is 1.04 bits per heavy atom. The van der Waals surface area contributed by atoms with E-state index < -0.39 is 0 Å². The maximum absolute atomic E-state index is 12.4. The van der Waals surface area contributed by atoms with Gasteiger partial charge in [0.15, 0.2) is 5.13 Å². The van der Waals surface area contributed by atoms with Gasteiger partial charge in [0.25, 0.3) is 0 Å². The van der Waals surface area contributed by atoms with Crippen molar-refractivity contribution in [3.63, 3.8) is 0 Å². The Morgan fingerprint density at radius 3 is 2.64 bits per heavy atom. The van der Waals surface area contributed by atoms with Crippen LogP contribution in [0.15, 0.2) is 66.7 Å². The zero-order chi connectivity index (χ0) is 17.2. The summed E-state index contributed by atoms with van der Waals surface area (Å²) in [5.41, 5.74) is 2.00. The topological polar surface area (TPSA) is 45.2 Å². The van der Waals surface area contributed by atoms with E-state index in [0.717, 1.165) is 15.8 Å². The third kappa shape index (κ3) is 3.32. The van der Waals surface area contributed by atoms with Crippen molar-refractivity contribution in [2.45, 2.75) is 6.54 Å². The summed E-state index contributed by atoms with van der Waals surface area (Å²) in [5.74, 6) is 0. The predicted molar refractivity (Wildman–Crippen MR) is 104 cm³/mol. The summed E-state index contributed by atoms with van der Waals surface area (Å²) >= 11 is 1.48. The van der Waals surface area contributed by atoms with Gasteiger partial charge in [0.1, 0.15) is 0 Å². The van der Waals surface area contributed by atoms with Gasteiger partial charge in [0, 0.05) is 13.6 Å². The summed E-state index contributed by atoms with van der Waals surface area (Å²) in [5, 5.41) is 5.89. The van der Waals surface area contributed by atoms with Crippen molar-refractivity contribution >= 4 is 43.5 Å². The standard InChI is InChI=1S/C20H17N3OS/c1-23(13-14-10-11-15-6-2-3-7-16(15)12-14)20(24)22-19-21-17-8-4-5-9-18(17)25-19/h2-12H,13H2,1H3,(H,21,22,24). The number of anilines is 1. The van der Waals surface area contributed by atoms with Gasteiger partial charge in [-0.1, -0.05) is 59.9 Å². The molecule has 0 atom stereocenters. The molecule has 0 spiro atoms. The van der Waals surface area contributed by atoms with Crippen molar-refractivity contribution in [2.75, 3.05) is 12.4 Å². The van der Waals surface area contributed by atoms with E-state index in [2.05, 4.69) is 40.6 Å². The minimum atomic E-state index is -0.160. The quantitative estimate of drug-likeness (QED) is 0.559. The van der Waals surface area contributed by atoms with Crippen LogP contribution in [0.1, 0.15) is 5.56 Å². The van der Waals surface area contributed by atoms with Crippen molar-refractivity contribution in [1.29, 1.82) is 0 Å². The summed E-state index contributed by atoms with van der Waals surface area (Å²) in [4.78, 5) is 18.5. The average molecular weight is 347 g/mol. The van der Waals surface area contributed by atoms with Gasteiger partial charge in [-0.2, -0.15) is 0 Å².